The SMILES string of the molecule is CCC(C)N(CC(=O)OC(C)(C)C)CC1=CCC=CC=C1. The van der Waals surface area contributed by atoms with Crippen molar-refractivity contribution in [2.24, 2.45) is 0 Å². The highest BCUT2D eigenvalue weighted by Crippen LogP contribution is 2.13. The highest BCUT2D eigenvalue weighted by molar-refractivity contribution is 5.72. The number of ether oxygens (including phenoxy) is 1. The van der Waals surface area contributed by atoms with Crippen LogP contribution < -0.4 is 0 Å². The predicted molar refractivity (Wildman–Crippen MR) is 88.2 cm³/mol. The molecule has 0 radical (unpaired) electrons. The fourth-order valence-corrected chi connectivity index (χ4v) is 2.14. The van der Waals surface area contributed by atoms with E-state index < -0.39 is 5.60 Å². The van der Waals surface area contributed by atoms with E-state index in [1.54, 1.807) is 0 Å². The van der Waals surface area contributed by atoms with E-state index in [4.69, 9.17) is 4.74 Å². The molecule has 21 heavy (non-hydrogen) atoms. The van der Waals surface area contributed by atoms with Gasteiger partial charge in [-0.2, -0.15) is 0 Å². The first-order chi connectivity index (χ1) is 9.81. The monoisotopic (exact) mass is 291 g/mol. The van der Waals surface area contributed by atoms with Gasteiger partial charge in [0.2, 0.25) is 0 Å². The Bertz CT molecular complexity index is 427. The number of rotatable bonds is 6. The van der Waals surface area contributed by atoms with Crippen molar-refractivity contribution < 1.29 is 9.53 Å². The van der Waals surface area contributed by atoms with Crippen molar-refractivity contribution in [3.05, 3.63) is 36.0 Å². The molecule has 0 saturated carbocycles. The van der Waals surface area contributed by atoms with E-state index >= 15 is 0 Å². The van der Waals surface area contributed by atoms with Gasteiger partial charge in [-0.15, -0.1) is 0 Å². The van der Waals surface area contributed by atoms with Crippen molar-refractivity contribution in [2.75, 3.05) is 13.1 Å². The molecule has 0 N–H and O–H groups in total. The van der Waals surface area contributed by atoms with Gasteiger partial charge in [0, 0.05) is 12.6 Å². The molecule has 0 amide bonds. The van der Waals surface area contributed by atoms with E-state index in [0.29, 0.717) is 12.6 Å². The maximum absolute atomic E-state index is 12.1. The van der Waals surface area contributed by atoms with E-state index in [-0.39, 0.29) is 5.97 Å². The topological polar surface area (TPSA) is 29.5 Å². The zero-order chi connectivity index (χ0) is 15.9. The lowest BCUT2D eigenvalue weighted by Crippen LogP contribution is -2.40. The Kier molecular flexibility index (Phi) is 6.90. The number of allylic oxidation sites excluding steroid dienone is 4. The third kappa shape index (κ3) is 7.28. The van der Waals surface area contributed by atoms with Gasteiger partial charge in [-0.25, -0.2) is 0 Å². The van der Waals surface area contributed by atoms with Gasteiger partial charge < -0.3 is 4.74 Å². The summed E-state index contributed by atoms with van der Waals surface area (Å²) in [6, 6.07) is 0.350. The molecule has 0 spiro atoms. The van der Waals surface area contributed by atoms with Crippen LogP contribution in [0.3, 0.4) is 0 Å². The molecule has 0 aromatic rings. The molecule has 1 atom stereocenters. The Morgan fingerprint density at radius 3 is 2.71 bits per heavy atom. The van der Waals surface area contributed by atoms with Crippen molar-refractivity contribution in [1.29, 1.82) is 0 Å². The number of esters is 1. The highest BCUT2D eigenvalue weighted by Gasteiger charge is 2.21. The van der Waals surface area contributed by atoms with Gasteiger partial charge in [0.25, 0.3) is 0 Å². The molecule has 0 aliphatic heterocycles. The van der Waals surface area contributed by atoms with Crippen LogP contribution in [0.5, 0.6) is 0 Å². The number of hydrogen-bond acceptors (Lipinski definition) is 3. The summed E-state index contributed by atoms with van der Waals surface area (Å²) in [4.78, 5) is 14.3. The molecule has 1 aliphatic carbocycles. The van der Waals surface area contributed by atoms with Crippen molar-refractivity contribution in [3.8, 4) is 0 Å². The first kappa shape index (κ1) is 17.7. The van der Waals surface area contributed by atoms with Gasteiger partial charge in [0.05, 0.1) is 6.54 Å². The Morgan fingerprint density at radius 2 is 2.10 bits per heavy atom. The summed E-state index contributed by atoms with van der Waals surface area (Å²) in [5.41, 5.74) is 0.827. The molecule has 0 bridgehead atoms. The second-order valence-corrected chi connectivity index (χ2v) is 6.55. The van der Waals surface area contributed by atoms with Crippen molar-refractivity contribution in [1.82, 2.24) is 4.90 Å². The first-order valence-corrected chi connectivity index (χ1v) is 7.80. The zero-order valence-electron chi connectivity index (χ0n) is 14.1. The molecule has 3 nitrogen and oxygen atoms in total. The van der Waals surface area contributed by atoms with E-state index in [1.807, 2.05) is 20.8 Å². The minimum Gasteiger partial charge on any atom is -0.459 e. The van der Waals surface area contributed by atoms with Crippen LogP contribution in [0.1, 0.15) is 47.5 Å². The van der Waals surface area contributed by atoms with Gasteiger partial charge in [-0.05, 0) is 46.1 Å². The summed E-state index contributed by atoms with van der Waals surface area (Å²) in [5.74, 6) is -0.154. The second-order valence-electron chi connectivity index (χ2n) is 6.55. The maximum atomic E-state index is 12.1. The third-order valence-corrected chi connectivity index (χ3v) is 3.43. The summed E-state index contributed by atoms with van der Waals surface area (Å²) >= 11 is 0. The molecule has 0 heterocycles. The lowest BCUT2D eigenvalue weighted by Gasteiger charge is -2.29. The quantitative estimate of drug-likeness (QED) is 0.696. The summed E-state index contributed by atoms with van der Waals surface area (Å²) in [6.07, 6.45) is 12.5. The standard InChI is InChI=1S/C18H29NO2/c1-6-15(2)19(14-17(20)21-18(3,4)5)13-16-11-9-7-8-10-12-16/h7-9,11-12,15H,6,10,13-14H2,1-5H3. The van der Waals surface area contributed by atoms with Crippen molar-refractivity contribution >= 4 is 5.97 Å². The highest BCUT2D eigenvalue weighted by atomic mass is 16.6. The van der Waals surface area contributed by atoms with E-state index in [2.05, 4.69) is 49.1 Å². The minimum absolute atomic E-state index is 0.154. The zero-order valence-corrected chi connectivity index (χ0v) is 14.1. The van der Waals surface area contributed by atoms with Crippen LogP contribution in [0.4, 0.5) is 0 Å². The molecule has 0 aromatic heterocycles. The van der Waals surface area contributed by atoms with Gasteiger partial charge in [-0.1, -0.05) is 37.3 Å². The normalized spacial score (nSPS) is 16.6. The van der Waals surface area contributed by atoms with Gasteiger partial charge in [-0.3, -0.25) is 9.69 Å². The van der Waals surface area contributed by atoms with Crippen LogP contribution in [0.2, 0.25) is 0 Å². The Hall–Kier alpha value is -1.35. The lowest BCUT2D eigenvalue weighted by molar-refractivity contribution is -0.156. The summed E-state index contributed by atoms with van der Waals surface area (Å²) in [7, 11) is 0. The average Bonchev–Trinajstić information content (AvgIpc) is 2.63. The van der Waals surface area contributed by atoms with Crippen LogP contribution in [-0.2, 0) is 9.53 Å². The van der Waals surface area contributed by atoms with E-state index in [1.165, 1.54) is 5.57 Å². The summed E-state index contributed by atoms with van der Waals surface area (Å²) in [5, 5.41) is 0. The largest absolute Gasteiger partial charge is 0.459 e. The molecule has 3 heteroatoms. The first-order valence-electron chi connectivity index (χ1n) is 7.80. The second kappa shape index (κ2) is 8.18. The van der Waals surface area contributed by atoms with E-state index in [0.717, 1.165) is 19.4 Å². The van der Waals surface area contributed by atoms with Crippen LogP contribution in [0.25, 0.3) is 0 Å². The molecule has 1 unspecified atom stereocenters. The van der Waals surface area contributed by atoms with E-state index in [9.17, 15) is 4.79 Å². The molecular weight excluding hydrogens is 262 g/mol. The fraction of sp³-hybridized carbons (Fsp3) is 0.611. The average molecular weight is 291 g/mol. The molecule has 0 aromatic carbocycles. The minimum atomic E-state index is -0.427. The molecule has 118 valence electrons. The smallest absolute Gasteiger partial charge is 0.320 e. The lowest BCUT2D eigenvalue weighted by atomic mass is 10.1. The number of hydrogen-bond donors (Lipinski definition) is 0. The predicted octanol–water partition coefficient (Wildman–Crippen LogP) is 3.87. The molecule has 1 rings (SSSR count). The van der Waals surface area contributed by atoms with Crippen LogP contribution >= 0.6 is 0 Å². The molecule has 0 fully saturated rings. The third-order valence-electron chi connectivity index (χ3n) is 3.43. The number of carbonyl (C=O) groups is 1. The molecular formula is C18H29NO2. The van der Waals surface area contributed by atoms with Crippen molar-refractivity contribution in [2.45, 2.75) is 59.1 Å². The fourth-order valence-electron chi connectivity index (χ4n) is 2.14. The van der Waals surface area contributed by atoms with Crippen LogP contribution in [0.15, 0.2) is 36.0 Å². The van der Waals surface area contributed by atoms with Crippen LogP contribution in [0, 0.1) is 0 Å². The van der Waals surface area contributed by atoms with Gasteiger partial charge in [0.15, 0.2) is 0 Å². The molecule has 1 aliphatic rings. The number of nitrogens with zero attached hydrogens (tertiary/aromatic N) is 1. The summed E-state index contributed by atoms with van der Waals surface area (Å²) < 4.78 is 5.45. The van der Waals surface area contributed by atoms with Crippen LogP contribution in [-0.4, -0.2) is 35.6 Å². The van der Waals surface area contributed by atoms with Gasteiger partial charge >= 0.3 is 5.97 Å². The number of carbonyl (C=O) groups excluding carboxylic acids is 1. The Morgan fingerprint density at radius 1 is 1.38 bits per heavy atom. The Balaban J connectivity index is 2.68. The van der Waals surface area contributed by atoms with Crippen molar-refractivity contribution in [3.63, 3.8) is 0 Å². The maximum Gasteiger partial charge on any atom is 0.320 e. The van der Waals surface area contributed by atoms with Gasteiger partial charge in [0.1, 0.15) is 5.60 Å². The Labute approximate surface area is 129 Å². The molecule has 0 saturated heterocycles. The summed E-state index contributed by atoms with van der Waals surface area (Å²) in [6.45, 7) is 11.1.